The highest BCUT2D eigenvalue weighted by Gasteiger charge is 2.14. The molecule has 1 fully saturated rings. The lowest BCUT2D eigenvalue weighted by atomic mass is 10.1. The van der Waals surface area contributed by atoms with Gasteiger partial charge in [0.2, 0.25) is 5.95 Å². The summed E-state index contributed by atoms with van der Waals surface area (Å²) in [6.45, 7) is 12.6. The van der Waals surface area contributed by atoms with Crippen molar-refractivity contribution in [2.24, 2.45) is 16.6 Å². The van der Waals surface area contributed by atoms with Crippen LogP contribution < -0.4 is 31.3 Å². The van der Waals surface area contributed by atoms with Gasteiger partial charge in [-0.25, -0.2) is 9.97 Å². The molecule has 0 aliphatic carbocycles. The van der Waals surface area contributed by atoms with Gasteiger partial charge in [0.15, 0.2) is 0 Å². The Balaban J connectivity index is 1.58. The monoisotopic (exact) mass is 540 g/mol. The minimum atomic E-state index is 0.440. The number of nitrogens with one attached hydrogen (secondary N) is 1. The lowest BCUT2D eigenvalue weighted by Crippen LogP contribution is -2.40. The van der Waals surface area contributed by atoms with Crippen LogP contribution in [0.2, 0.25) is 0 Å². The molecule has 3 aromatic rings. The van der Waals surface area contributed by atoms with Crippen molar-refractivity contribution in [3.63, 3.8) is 0 Å². The van der Waals surface area contributed by atoms with Gasteiger partial charge in [-0.15, -0.1) is 0 Å². The van der Waals surface area contributed by atoms with Gasteiger partial charge in [0.05, 0.1) is 5.69 Å². The second kappa shape index (κ2) is 14.0. The zero-order valence-electron chi connectivity index (χ0n) is 24.7. The number of hydrogen-bond donors (Lipinski definition) is 2. The van der Waals surface area contributed by atoms with E-state index in [0.717, 1.165) is 82.9 Å². The van der Waals surface area contributed by atoms with E-state index in [9.17, 15) is 0 Å². The van der Waals surface area contributed by atoms with Crippen molar-refractivity contribution < 1.29 is 4.74 Å². The Morgan fingerprint density at radius 2 is 1.90 bits per heavy atom. The van der Waals surface area contributed by atoms with Gasteiger partial charge in [-0.3, -0.25) is 4.99 Å². The lowest BCUT2D eigenvalue weighted by molar-refractivity contribution is 0.479. The summed E-state index contributed by atoms with van der Waals surface area (Å²) >= 11 is 0. The smallest absolute Gasteiger partial charge is 0.226 e. The molecule has 7 nitrogen and oxygen atoms in total. The number of anilines is 2. The largest absolute Gasteiger partial charge is 0.457 e. The highest BCUT2D eigenvalue weighted by atomic mass is 16.5. The molecule has 7 heteroatoms. The summed E-state index contributed by atoms with van der Waals surface area (Å²) in [6, 6.07) is 12.0. The van der Waals surface area contributed by atoms with Crippen LogP contribution >= 0.6 is 0 Å². The van der Waals surface area contributed by atoms with E-state index in [1.54, 1.807) is 0 Å². The average Bonchev–Trinajstić information content (AvgIpc) is 2.97. The quantitative estimate of drug-likeness (QED) is 0.292. The average molecular weight is 541 g/mol. The van der Waals surface area contributed by atoms with Crippen molar-refractivity contribution in [1.29, 1.82) is 0 Å². The molecule has 1 aliphatic rings. The van der Waals surface area contributed by atoms with E-state index in [2.05, 4.69) is 49.0 Å². The molecule has 2 heterocycles. The van der Waals surface area contributed by atoms with Crippen molar-refractivity contribution in [2.75, 3.05) is 23.3 Å². The number of rotatable bonds is 10. The van der Waals surface area contributed by atoms with E-state index in [-0.39, 0.29) is 0 Å². The normalized spacial score (nSPS) is 15.8. The number of hydrogen-bond acceptors (Lipinski definition) is 7. The van der Waals surface area contributed by atoms with Crippen molar-refractivity contribution in [1.82, 2.24) is 9.97 Å². The van der Waals surface area contributed by atoms with Crippen molar-refractivity contribution in [3.8, 4) is 11.5 Å². The molecule has 0 saturated carbocycles. The number of benzene rings is 2. The van der Waals surface area contributed by atoms with Crippen LogP contribution in [0.4, 0.5) is 17.3 Å². The highest BCUT2D eigenvalue weighted by molar-refractivity contribution is 5.68. The van der Waals surface area contributed by atoms with Crippen LogP contribution in [-0.2, 0) is 0 Å². The minimum Gasteiger partial charge on any atom is -0.457 e. The fraction of sp³-hybridized carbons (Fsp3) is 0.424. The first kappa shape index (κ1) is 29.1. The fourth-order valence-corrected chi connectivity index (χ4v) is 4.58. The Kier molecular flexibility index (Phi) is 10.2. The summed E-state index contributed by atoms with van der Waals surface area (Å²) in [5.74, 6) is 3.25. The molecule has 1 unspecified atom stereocenters. The summed E-state index contributed by atoms with van der Waals surface area (Å²) in [4.78, 5) is 16.5. The van der Waals surface area contributed by atoms with Crippen LogP contribution in [0.3, 0.4) is 0 Å². The summed E-state index contributed by atoms with van der Waals surface area (Å²) < 4.78 is 6.26. The van der Waals surface area contributed by atoms with Gasteiger partial charge >= 0.3 is 0 Å². The number of aliphatic imine (C=N–C) groups is 1. The summed E-state index contributed by atoms with van der Waals surface area (Å²) in [7, 11) is 0. The van der Waals surface area contributed by atoms with Crippen molar-refractivity contribution >= 4 is 35.4 Å². The van der Waals surface area contributed by atoms with E-state index in [4.69, 9.17) is 20.4 Å². The van der Waals surface area contributed by atoms with Gasteiger partial charge in [-0.2, -0.15) is 0 Å². The molecule has 3 N–H and O–H groups in total. The number of nitrogens with zero attached hydrogens (tertiary/aromatic N) is 4. The summed E-state index contributed by atoms with van der Waals surface area (Å²) in [5, 5.41) is 5.07. The maximum absolute atomic E-state index is 6.63. The van der Waals surface area contributed by atoms with Crippen LogP contribution in [0.15, 0.2) is 47.6 Å². The van der Waals surface area contributed by atoms with Crippen molar-refractivity contribution in [3.05, 3.63) is 64.3 Å². The van der Waals surface area contributed by atoms with E-state index >= 15 is 0 Å². The third-order valence-electron chi connectivity index (χ3n) is 7.33. The number of unbranched alkanes of at least 4 members (excludes halogenated alkanes) is 1. The predicted molar refractivity (Wildman–Crippen MR) is 168 cm³/mol. The number of ether oxygens (including phenoxy) is 1. The highest BCUT2D eigenvalue weighted by Crippen LogP contribution is 2.31. The third-order valence-corrected chi connectivity index (χ3v) is 7.33. The Bertz CT molecular complexity index is 1440. The molecule has 0 amide bonds. The van der Waals surface area contributed by atoms with Crippen molar-refractivity contribution in [2.45, 2.75) is 73.1 Å². The standard InChI is InChI=1S/C33H44N6O/c1-6-8-12-26-22-36-33(39-17-10-9-11-18-39)38-31(26)32(34)37-27-14-16-30(25(5)19-27)40-28-15-13-24(4)29(20-28)35-21-23(3)7-2/h12-16,19-23,37H,6-11,17-18,34H2,1-5H3/b26-12+,32-31-,35-21?. The molecular weight excluding hydrogens is 496 g/mol. The molecule has 2 aromatic carbocycles. The van der Waals surface area contributed by atoms with Gasteiger partial charge in [0, 0.05) is 42.5 Å². The topological polar surface area (TPSA) is 88.7 Å². The Morgan fingerprint density at radius 1 is 1.10 bits per heavy atom. The Morgan fingerprint density at radius 3 is 2.62 bits per heavy atom. The Labute approximate surface area is 238 Å². The maximum Gasteiger partial charge on any atom is 0.226 e. The zero-order chi connectivity index (χ0) is 28.5. The van der Waals surface area contributed by atoms with Crippen LogP contribution in [0.5, 0.6) is 11.5 Å². The van der Waals surface area contributed by atoms with Crippen LogP contribution in [0.1, 0.15) is 70.4 Å². The molecule has 212 valence electrons. The molecule has 0 bridgehead atoms. The third kappa shape index (κ3) is 7.62. The first-order valence-electron chi connectivity index (χ1n) is 14.7. The molecule has 1 atom stereocenters. The summed E-state index contributed by atoms with van der Waals surface area (Å²) in [5.41, 5.74) is 10.6. The summed E-state index contributed by atoms with van der Waals surface area (Å²) in [6.07, 6.45) is 12.7. The van der Waals surface area contributed by atoms with Gasteiger partial charge in [-0.1, -0.05) is 39.3 Å². The molecular formula is C33H44N6O. The van der Waals surface area contributed by atoms with Gasteiger partial charge < -0.3 is 20.7 Å². The molecule has 1 aliphatic heterocycles. The van der Waals surface area contributed by atoms with E-state index in [1.165, 1.54) is 19.3 Å². The first-order valence-corrected chi connectivity index (χ1v) is 14.7. The fourth-order valence-electron chi connectivity index (χ4n) is 4.58. The number of aromatic nitrogens is 2. The second-order valence-electron chi connectivity index (χ2n) is 10.7. The van der Waals surface area contributed by atoms with Crippen LogP contribution in [0.25, 0.3) is 11.9 Å². The van der Waals surface area contributed by atoms with Gasteiger partial charge in [-0.05, 0) is 87.3 Å². The number of piperidine rings is 1. The van der Waals surface area contributed by atoms with Crippen LogP contribution in [-0.4, -0.2) is 29.3 Å². The van der Waals surface area contributed by atoms with E-state index in [1.807, 2.05) is 55.7 Å². The lowest BCUT2D eigenvalue weighted by Gasteiger charge is -2.26. The molecule has 4 rings (SSSR count). The van der Waals surface area contributed by atoms with Gasteiger partial charge in [0.1, 0.15) is 22.7 Å². The maximum atomic E-state index is 6.63. The molecule has 0 radical (unpaired) electrons. The SMILES string of the molecule is CCC/C=c1\cnc(N2CCCCC2)n\c1=C(\N)Nc1ccc(Oc2ccc(C)c(N=CC(C)CC)c2)c(C)c1. The Hall–Kier alpha value is -3.87. The van der Waals surface area contributed by atoms with E-state index < -0.39 is 0 Å². The zero-order valence-corrected chi connectivity index (χ0v) is 24.7. The molecule has 1 aromatic heterocycles. The van der Waals surface area contributed by atoms with Gasteiger partial charge in [0.25, 0.3) is 0 Å². The predicted octanol–water partition coefficient (Wildman–Crippen LogP) is 6.34. The minimum absolute atomic E-state index is 0.440. The molecule has 1 saturated heterocycles. The van der Waals surface area contributed by atoms with E-state index in [0.29, 0.717) is 11.7 Å². The molecule has 40 heavy (non-hydrogen) atoms. The molecule has 0 spiro atoms. The number of nitrogens with two attached hydrogens (primary N) is 1. The first-order chi connectivity index (χ1) is 19.4. The second-order valence-corrected chi connectivity index (χ2v) is 10.7. The number of aryl methyl sites for hydroxylation is 2. The van der Waals surface area contributed by atoms with Crippen LogP contribution in [0, 0.1) is 19.8 Å².